The van der Waals surface area contributed by atoms with E-state index in [0.29, 0.717) is 0 Å². The van der Waals surface area contributed by atoms with Crippen LogP contribution in [-0.2, 0) is 23.8 Å². The molecule has 2 rings (SSSR count). The normalized spacial score (nSPS) is 32.8. The Morgan fingerprint density at radius 2 is 2.12 bits per heavy atom. The van der Waals surface area contributed by atoms with Crippen molar-refractivity contribution in [3.63, 3.8) is 0 Å². The van der Waals surface area contributed by atoms with Crippen LogP contribution in [0.2, 0.25) is 0 Å². The number of Topliss-reactive ketones (excluding diaryl/α,β-unsaturated/α-hetero) is 1. The summed E-state index contributed by atoms with van der Waals surface area (Å²) in [6, 6.07) is 0. The van der Waals surface area contributed by atoms with Gasteiger partial charge < -0.3 is 14.2 Å². The van der Waals surface area contributed by atoms with Crippen molar-refractivity contribution in [3.8, 4) is 0 Å². The van der Waals surface area contributed by atoms with Gasteiger partial charge in [0.25, 0.3) is 0 Å². The third-order valence-electron chi connectivity index (χ3n) is 2.50. The van der Waals surface area contributed by atoms with Crippen LogP contribution in [0.3, 0.4) is 0 Å². The van der Waals surface area contributed by atoms with Gasteiger partial charge in [0.2, 0.25) is 6.29 Å². The number of hydrogen-bond donors (Lipinski definition) is 0. The van der Waals surface area contributed by atoms with E-state index in [1.54, 1.807) is 0 Å². The summed E-state index contributed by atoms with van der Waals surface area (Å²) < 4.78 is 28.9. The van der Waals surface area contributed by atoms with Crippen LogP contribution >= 0.6 is 0 Å². The van der Waals surface area contributed by atoms with Gasteiger partial charge in [-0.05, 0) is 6.92 Å². The molecule has 0 spiro atoms. The van der Waals surface area contributed by atoms with Crippen molar-refractivity contribution in [2.75, 3.05) is 6.61 Å². The molecular weight excluding hydrogens is 219 g/mol. The molecule has 2 bridgehead atoms. The Labute approximate surface area is 91.2 Å². The Bertz CT molecular complexity index is 375. The second-order valence-electron chi connectivity index (χ2n) is 3.73. The van der Waals surface area contributed by atoms with Crippen molar-refractivity contribution < 1.29 is 28.2 Å². The van der Waals surface area contributed by atoms with Gasteiger partial charge in [-0.15, -0.1) is 0 Å². The second kappa shape index (κ2) is 3.95. The molecule has 1 unspecified atom stereocenters. The van der Waals surface area contributed by atoms with Crippen molar-refractivity contribution in [2.45, 2.75) is 26.2 Å². The summed E-state index contributed by atoms with van der Waals surface area (Å²) in [5.41, 5.74) is 0. The van der Waals surface area contributed by atoms with Crippen LogP contribution in [0.25, 0.3) is 0 Å². The Hall–Kier alpha value is -1.27. The zero-order chi connectivity index (χ0) is 11.9. The molecule has 0 N–H and O–H groups in total. The lowest BCUT2D eigenvalue weighted by atomic mass is 9.95. The third-order valence-corrected chi connectivity index (χ3v) is 2.50. The van der Waals surface area contributed by atoms with Crippen LogP contribution in [0, 0.1) is 5.92 Å². The largest absolute Gasteiger partial charge is 0.423 e. The van der Waals surface area contributed by atoms with Crippen LogP contribution in [0.4, 0.5) is 4.39 Å². The lowest BCUT2D eigenvalue weighted by Gasteiger charge is -2.25. The zero-order valence-electron chi connectivity index (χ0n) is 8.86. The monoisotopic (exact) mass is 230 g/mol. The Kier molecular flexibility index (Phi) is 2.77. The highest BCUT2D eigenvalue weighted by Crippen LogP contribution is 2.38. The zero-order valence-corrected chi connectivity index (χ0v) is 8.86. The number of rotatable bonds is 2. The standard InChI is InChI=1S/C10H11FO5/c1-4(12)7-6-3-14-10(16-6)9(8(7)11)15-5(2)13/h6-7,10H,3H2,1-2H3/t6-,7?,10-/m0/s1. The molecule has 5 nitrogen and oxygen atoms in total. The van der Waals surface area contributed by atoms with Gasteiger partial charge in [-0.25, -0.2) is 4.39 Å². The molecular formula is C10H11FO5. The van der Waals surface area contributed by atoms with Crippen LogP contribution in [0.5, 0.6) is 0 Å². The fourth-order valence-corrected chi connectivity index (χ4v) is 1.85. The number of ketones is 1. The van der Waals surface area contributed by atoms with Crippen molar-refractivity contribution in [2.24, 2.45) is 5.92 Å². The van der Waals surface area contributed by atoms with Gasteiger partial charge in [-0.3, -0.25) is 9.59 Å². The topological polar surface area (TPSA) is 61.8 Å². The molecule has 0 aromatic rings. The average Bonchev–Trinajstić information content (AvgIpc) is 2.57. The van der Waals surface area contributed by atoms with Crippen molar-refractivity contribution in [1.29, 1.82) is 0 Å². The van der Waals surface area contributed by atoms with E-state index in [1.165, 1.54) is 6.92 Å². The molecule has 0 amide bonds. The van der Waals surface area contributed by atoms with Crippen LogP contribution in [0.1, 0.15) is 13.8 Å². The number of halogens is 1. The number of ether oxygens (including phenoxy) is 3. The quantitative estimate of drug-likeness (QED) is 0.653. The fraction of sp³-hybridized carbons (Fsp3) is 0.600. The number of fused-ring (bicyclic) bond motifs is 2. The van der Waals surface area contributed by atoms with Crippen molar-refractivity contribution >= 4 is 11.8 Å². The van der Waals surface area contributed by atoms with E-state index in [-0.39, 0.29) is 18.1 Å². The van der Waals surface area contributed by atoms with Gasteiger partial charge in [0.1, 0.15) is 17.8 Å². The molecule has 2 aliphatic heterocycles. The molecule has 0 radical (unpaired) electrons. The highest BCUT2D eigenvalue weighted by molar-refractivity contribution is 5.82. The first-order valence-electron chi connectivity index (χ1n) is 4.86. The van der Waals surface area contributed by atoms with Gasteiger partial charge in [0, 0.05) is 6.92 Å². The molecule has 0 saturated carbocycles. The summed E-state index contributed by atoms with van der Waals surface area (Å²) >= 11 is 0. The van der Waals surface area contributed by atoms with E-state index >= 15 is 0 Å². The van der Waals surface area contributed by atoms with E-state index in [9.17, 15) is 14.0 Å². The number of carbonyl (C=O) groups excluding carboxylic acids is 2. The molecule has 3 atom stereocenters. The summed E-state index contributed by atoms with van der Waals surface area (Å²) in [5, 5.41) is 0. The van der Waals surface area contributed by atoms with Gasteiger partial charge in [0.15, 0.2) is 11.6 Å². The summed E-state index contributed by atoms with van der Waals surface area (Å²) in [4.78, 5) is 22.1. The first kappa shape index (κ1) is 11.2. The lowest BCUT2D eigenvalue weighted by molar-refractivity contribution is -0.149. The van der Waals surface area contributed by atoms with Gasteiger partial charge >= 0.3 is 5.97 Å². The Balaban J connectivity index is 2.35. The number of carbonyl (C=O) groups is 2. The van der Waals surface area contributed by atoms with Gasteiger partial charge in [0.05, 0.1) is 6.61 Å². The highest BCUT2D eigenvalue weighted by Gasteiger charge is 2.47. The predicted molar refractivity (Wildman–Crippen MR) is 48.7 cm³/mol. The van der Waals surface area contributed by atoms with E-state index in [1.807, 2.05) is 0 Å². The highest BCUT2D eigenvalue weighted by atomic mass is 19.1. The molecule has 0 aliphatic carbocycles. The number of hydrogen-bond acceptors (Lipinski definition) is 5. The molecule has 1 fully saturated rings. The minimum Gasteiger partial charge on any atom is -0.423 e. The molecule has 2 aliphatic rings. The van der Waals surface area contributed by atoms with Crippen LogP contribution in [0.15, 0.2) is 11.6 Å². The molecule has 16 heavy (non-hydrogen) atoms. The molecule has 88 valence electrons. The van der Waals surface area contributed by atoms with Gasteiger partial charge in [-0.2, -0.15) is 0 Å². The maximum absolute atomic E-state index is 13.9. The van der Waals surface area contributed by atoms with E-state index in [2.05, 4.69) is 4.74 Å². The van der Waals surface area contributed by atoms with Crippen molar-refractivity contribution in [3.05, 3.63) is 11.6 Å². The minimum absolute atomic E-state index is 0.118. The molecule has 0 aromatic carbocycles. The second-order valence-corrected chi connectivity index (χ2v) is 3.73. The van der Waals surface area contributed by atoms with E-state index in [0.717, 1.165) is 6.92 Å². The smallest absolute Gasteiger partial charge is 0.307 e. The number of esters is 1. The van der Waals surface area contributed by atoms with Crippen LogP contribution < -0.4 is 0 Å². The van der Waals surface area contributed by atoms with Gasteiger partial charge in [-0.1, -0.05) is 0 Å². The first-order chi connectivity index (χ1) is 7.50. The molecule has 6 heteroatoms. The minimum atomic E-state index is -1.03. The SMILES string of the molecule is CC(=O)OC1=C(F)C(C(C)=O)[C@@H]2CO[C@H]1O2. The summed E-state index contributed by atoms with van der Waals surface area (Å²) in [6.45, 7) is 2.52. The molecule has 1 saturated heterocycles. The Morgan fingerprint density at radius 1 is 1.44 bits per heavy atom. The molecule has 0 aromatic heterocycles. The third kappa shape index (κ3) is 1.74. The fourth-order valence-electron chi connectivity index (χ4n) is 1.85. The van der Waals surface area contributed by atoms with E-state index < -0.39 is 30.1 Å². The van der Waals surface area contributed by atoms with E-state index in [4.69, 9.17) is 9.47 Å². The predicted octanol–water partition coefficient (Wildman–Crippen LogP) is 0.691. The van der Waals surface area contributed by atoms with Crippen LogP contribution in [-0.4, -0.2) is 30.8 Å². The maximum Gasteiger partial charge on any atom is 0.307 e. The first-order valence-corrected chi connectivity index (χ1v) is 4.86. The van der Waals surface area contributed by atoms with Crippen molar-refractivity contribution in [1.82, 2.24) is 0 Å². The average molecular weight is 230 g/mol. The maximum atomic E-state index is 13.9. The summed E-state index contributed by atoms with van der Waals surface area (Å²) in [7, 11) is 0. The lowest BCUT2D eigenvalue weighted by Crippen LogP contribution is -2.35. The molecule has 2 heterocycles. The summed E-state index contributed by atoms with van der Waals surface area (Å²) in [6.07, 6.45) is -1.63. The Morgan fingerprint density at radius 3 is 2.69 bits per heavy atom. The summed E-state index contributed by atoms with van der Waals surface area (Å²) in [5.74, 6) is -3.18.